The van der Waals surface area contributed by atoms with Gasteiger partial charge in [-0.2, -0.15) is 0 Å². The summed E-state index contributed by atoms with van der Waals surface area (Å²) in [6, 6.07) is 10.2. The molecule has 0 radical (unpaired) electrons. The number of pyridine rings is 1. The fourth-order valence-corrected chi connectivity index (χ4v) is 4.68. The Kier molecular flexibility index (Phi) is 5.76. The van der Waals surface area contributed by atoms with Crippen LogP contribution in [-0.2, 0) is 9.84 Å². The molecule has 0 amide bonds. The van der Waals surface area contributed by atoms with E-state index in [0.717, 1.165) is 11.3 Å². The van der Waals surface area contributed by atoms with Gasteiger partial charge in [0.25, 0.3) is 0 Å². The number of rotatable bonds is 5. The number of nitrogens with one attached hydrogen (secondary N) is 2. The smallest absolute Gasteiger partial charge is 0.237 e. The summed E-state index contributed by atoms with van der Waals surface area (Å²) >= 11 is 0. The van der Waals surface area contributed by atoms with Crippen LogP contribution in [0.4, 0.5) is 21.7 Å². The minimum Gasteiger partial charge on any atom is -0.474 e. The van der Waals surface area contributed by atoms with Crippen LogP contribution in [0.15, 0.2) is 48.8 Å². The molecule has 4 aromatic rings. The molecular weight excluding hydrogens is 469 g/mol. The molecule has 3 heterocycles. The summed E-state index contributed by atoms with van der Waals surface area (Å²) in [5.41, 5.74) is 4.65. The van der Waals surface area contributed by atoms with Gasteiger partial charge in [0.15, 0.2) is 9.84 Å². The first-order valence-corrected chi connectivity index (χ1v) is 13.0. The highest BCUT2D eigenvalue weighted by Gasteiger charge is 2.20. The zero-order valence-electron chi connectivity index (χ0n) is 19.5. The van der Waals surface area contributed by atoms with Gasteiger partial charge in [0.2, 0.25) is 11.8 Å². The summed E-state index contributed by atoms with van der Waals surface area (Å²) in [6.07, 6.45) is 4.39. The molecule has 1 aliphatic rings. The first kappa shape index (κ1) is 23.0. The number of halogens is 1. The summed E-state index contributed by atoms with van der Waals surface area (Å²) < 4.78 is 44.2. The molecule has 2 aromatic heterocycles. The summed E-state index contributed by atoms with van der Waals surface area (Å²) in [5.74, 6) is 0.470. The summed E-state index contributed by atoms with van der Waals surface area (Å²) in [5, 5.41) is 6.37. The second-order valence-corrected chi connectivity index (χ2v) is 10.9. The second-order valence-electron chi connectivity index (χ2n) is 8.56. The lowest BCUT2D eigenvalue weighted by atomic mass is 9.99. The van der Waals surface area contributed by atoms with Crippen molar-refractivity contribution in [1.82, 2.24) is 15.0 Å². The summed E-state index contributed by atoms with van der Waals surface area (Å²) in [4.78, 5) is 13.2. The van der Waals surface area contributed by atoms with Crippen molar-refractivity contribution in [2.24, 2.45) is 0 Å². The average molecular weight is 494 g/mol. The molecule has 0 unspecified atom stereocenters. The lowest BCUT2D eigenvalue weighted by Gasteiger charge is -2.21. The molecular formula is C25H24FN5O3S. The Labute approximate surface area is 202 Å². The first-order chi connectivity index (χ1) is 16.7. The van der Waals surface area contributed by atoms with Gasteiger partial charge in [-0.05, 0) is 49.2 Å². The van der Waals surface area contributed by atoms with E-state index < -0.39 is 15.1 Å². The molecule has 10 heteroatoms. The highest BCUT2D eigenvalue weighted by molar-refractivity contribution is 7.90. The molecule has 180 valence electrons. The number of aromatic nitrogens is 3. The van der Waals surface area contributed by atoms with Gasteiger partial charge in [0.05, 0.1) is 10.8 Å². The fraction of sp³-hybridized carbons (Fsp3) is 0.240. The summed E-state index contributed by atoms with van der Waals surface area (Å²) in [6.45, 7) is 4.76. The van der Waals surface area contributed by atoms with Gasteiger partial charge in [-0.3, -0.25) is 0 Å². The minimum atomic E-state index is -3.18. The SMILES string of the molecule is Cc1c(-c2cc3nc(Nc4ccc([C@H](C)S(C)(=O)=O)cc4)ncc3cc2F)cnc2c1NCCO2. The number of benzene rings is 2. The van der Waals surface area contributed by atoms with Crippen LogP contribution in [0.5, 0.6) is 5.88 Å². The maximum absolute atomic E-state index is 15.1. The Hall–Kier alpha value is -3.79. The zero-order chi connectivity index (χ0) is 24.7. The third-order valence-electron chi connectivity index (χ3n) is 6.18. The maximum atomic E-state index is 15.1. The average Bonchev–Trinajstić information content (AvgIpc) is 2.84. The predicted octanol–water partition coefficient (Wildman–Crippen LogP) is 4.79. The molecule has 2 N–H and O–H groups in total. The van der Waals surface area contributed by atoms with Gasteiger partial charge >= 0.3 is 0 Å². The van der Waals surface area contributed by atoms with Gasteiger partial charge in [0, 0.05) is 47.4 Å². The van der Waals surface area contributed by atoms with Gasteiger partial charge < -0.3 is 15.4 Å². The van der Waals surface area contributed by atoms with Crippen LogP contribution in [0, 0.1) is 12.7 Å². The van der Waals surface area contributed by atoms with E-state index in [0.29, 0.717) is 58.3 Å². The molecule has 5 rings (SSSR count). The fourth-order valence-electron chi connectivity index (χ4n) is 4.02. The zero-order valence-corrected chi connectivity index (χ0v) is 20.3. The van der Waals surface area contributed by atoms with Gasteiger partial charge in [0.1, 0.15) is 18.1 Å². The number of anilines is 3. The monoisotopic (exact) mass is 493 g/mol. The van der Waals surface area contributed by atoms with Crippen LogP contribution in [-0.4, -0.2) is 42.8 Å². The number of nitrogens with zero attached hydrogens (tertiary/aromatic N) is 3. The van der Waals surface area contributed by atoms with Gasteiger partial charge in [-0.25, -0.2) is 27.8 Å². The van der Waals surface area contributed by atoms with E-state index in [1.165, 1.54) is 12.3 Å². The van der Waals surface area contributed by atoms with Crippen molar-refractivity contribution < 1.29 is 17.5 Å². The quantitative estimate of drug-likeness (QED) is 0.409. The Morgan fingerprint density at radius 1 is 1.11 bits per heavy atom. The standard InChI is InChI=1S/C25H24FN5O3S/c1-14-20(13-28-24-23(14)27-8-9-34-24)19-11-22-17(10-21(19)26)12-29-25(31-22)30-18-6-4-16(5-7-18)15(2)35(3,32)33/h4-7,10-13,15,27H,8-9H2,1-3H3,(H,29,30,31)/t15-/m0/s1. The Bertz CT molecular complexity index is 1540. The van der Waals surface area contributed by atoms with Gasteiger partial charge in [-0.15, -0.1) is 0 Å². The number of hydrogen-bond donors (Lipinski definition) is 2. The number of ether oxygens (including phenoxy) is 1. The Morgan fingerprint density at radius 2 is 1.89 bits per heavy atom. The van der Waals surface area contributed by atoms with Crippen molar-refractivity contribution in [1.29, 1.82) is 0 Å². The normalized spacial score (nSPS) is 14.1. The largest absolute Gasteiger partial charge is 0.474 e. The number of sulfone groups is 1. The second kappa shape index (κ2) is 8.77. The molecule has 0 spiro atoms. The highest BCUT2D eigenvalue weighted by Crippen LogP contribution is 2.37. The van der Waals surface area contributed by atoms with E-state index >= 15 is 4.39 Å². The molecule has 35 heavy (non-hydrogen) atoms. The van der Waals surface area contributed by atoms with Crippen LogP contribution in [0.3, 0.4) is 0 Å². The molecule has 8 nitrogen and oxygen atoms in total. The highest BCUT2D eigenvalue weighted by atomic mass is 32.2. The van der Waals surface area contributed by atoms with Crippen LogP contribution in [0.25, 0.3) is 22.0 Å². The molecule has 1 aliphatic heterocycles. The van der Waals surface area contributed by atoms with E-state index in [9.17, 15) is 8.42 Å². The van der Waals surface area contributed by atoms with Gasteiger partial charge in [-0.1, -0.05) is 12.1 Å². The van der Waals surface area contributed by atoms with Crippen molar-refractivity contribution >= 4 is 38.1 Å². The minimum absolute atomic E-state index is 0.342. The van der Waals surface area contributed by atoms with Crippen LogP contribution in [0.2, 0.25) is 0 Å². The molecule has 0 saturated heterocycles. The van der Waals surface area contributed by atoms with E-state index in [1.807, 2.05) is 6.92 Å². The van der Waals surface area contributed by atoms with E-state index in [4.69, 9.17) is 4.74 Å². The number of fused-ring (bicyclic) bond motifs is 2. The lowest BCUT2D eigenvalue weighted by Crippen LogP contribution is -2.20. The van der Waals surface area contributed by atoms with E-state index in [-0.39, 0.29) is 5.82 Å². The van der Waals surface area contributed by atoms with Crippen LogP contribution in [0.1, 0.15) is 23.3 Å². The van der Waals surface area contributed by atoms with Crippen molar-refractivity contribution in [3.8, 4) is 17.0 Å². The molecule has 0 saturated carbocycles. The number of hydrogen-bond acceptors (Lipinski definition) is 8. The lowest BCUT2D eigenvalue weighted by molar-refractivity contribution is 0.310. The summed E-state index contributed by atoms with van der Waals surface area (Å²) in [7, 11) is -3.18. The third kappa shape index (κ3) is 4.49. The third-order valence-corrected chi connectivity index (χ3v) is 7.74. The van der Waals surface area contributed by atoms with Crippen molar-refractivity contribution in [2.75, 3.05) is 30.0 Å². The van der Waals surface area contributed by atoms with E-state index in [1.54, 1.807) is 49.6 Å². The Balaban J connectivity index is 1.46. The molecule has 2 aromatic carbocycles. The molecule has 1 atom stereocenters. The van der Waals surface area contributed by atoms with Crippen molar-refractivity contribution in [3.63, 3.8) is 0 Å². The Morgan fingerprint density at radius 3 is 2.63 bits per heavy atom. The maximum Gasteiger partial charge on any atom is 0.237 e. The molecule has 0 aliphatic carbocycles. The first-order valence-electron chi connectivity index (χ1n) is 11.1. The molecule has 0 bridgehead atoms. The predicted molar refractivity (Wildman–Crippen MR) is 134 cm³/mol. The van der Waals surface area contributed by atoms with Crippen molar-refractivity contribution in [3.05, 3.63) is 65.7 Å². The topological polar surface area (TPSA) is 106 Å². The van der Waals surface area contributed by atoms with Crippen LogP contribution >= 0.6 is 0 Å². The van der Waals surface area contributed by atoms with Crippen LogP contribution < -0.4 is 15.4 Å². The van der Waals surface area contributed by atoms with E-state index in [2.05, 4.69) is 25.6 Å². The molecule has 0 fully saturated rings. The van der Waals surface area contributed by atoms with Crippen molar-refractivity contribution in [2.45, 2.75) is 19.1 Å².